The molecule has 24 heavy (non-hydrogen) atoms. The van der Waals surface area contributed by atoms with Gasteiger partial charge >= 0.3 is 6.09 Å². The lowest BCUT2D eigenvalue weighted by Gasteiger charge is -2.41. The minimum absolute atomic E-state index is 0.240. The maximum absolute atomic E-state index is 12.1. The predicted octanol–water partition coefficient (Wildman–Crippen LogP) is 3.05. The highest BCUT2D eigenvalue weighted by Gasteiger charge is 2.37. The van der Waals surface area contributed by atoms with Gasteiger partial charge in [-0.2, -0.15) is 0 Å². The molecule has 1 aromatic heterocycles. The van der Waals surface area contributed by atoms with Gasteiger partial charge in [0.2, 0.25) is 0 Å². The highest BCUT2D eigenvalue weighted by atomic mass is 16.6. The summed E-state index contributed by atoms with van der Waals surface area (Å²) in [7, 11) is 0. The summed E-state index contributed by atoms with van der Waals surface area (Å²) in [6.07, 6.45) is 5.67. The molecule has 2 aliphatic rings. The number of carbonyl (C=O) groups excluding carboxylic acids is 1. The average molecular weight is 332 g/mol. The van der Waals surface area contributed by atoms with E-state index in [9.17, 15) is 4.79 Å². The molecule has 3 rings (SSSR count). The van der Waals surface area contributed by atoms with E-state index in [2.05, 4.69) is 21.8 Å². The van der Waals surface area contributed by atoms with Gasteiger partial charge in [0, 0.05) is 44.5 Å². The zero-order valence-electron chi connectivity index (χ0n) is 15.2. The van der Waals surface area contributed by atoms with Crippen LogP contribution in [-0.4, -0.2) is 52.7 Å². The fraction of sp³-hybridized carbons (Fsp3) is 0.722. The Hall–Kier alpha value is -1.85. The number of nitrogens with zero attached hydrogens (tertiary/aromatic N) is 4. The Morgan fingerprint density at radius 2 is 1.79 bits per heavy atom. The van der Waals surface area contributed by atoms with Gasteiger partial charge in [0.25, 0.3) is 0 Å². The molecule has 2 saturated heterocycles. The third-order valence-corrected chi connectivity index (χ3v) is 4.71. The van der Waals surface area contributed by atoms with Gasteiger partial charge < -0.3 is 14.5 Å². The lowest BCUT2D eigenvalue weighted by atomic mass is 9.94. The van der Waals surface area contributed by atoms with Gasteiger partial charge in [0.05, 0.1) is 5.69 Å². The van der Waals surface area contributed by atoms with Crippen molar-refractivity contribution >= 4 is 11.9 Å². The monoisotopic (exact) mass is 332 g/mol. The molecule has 0 radical (unpaired) electrons. The molecule has 0 atom stereocenters. The van der Waals surface area contributed by atoms with Gasteiger partial charge in [0.15, 0.2) is 5.82 Å². The third kappa shape index (κ3) is 3.79. The number of likely N-dealkylation sites (tertiary alicyclic amines) is 1. The number of aromatic nitrogens is 2. The maximum Gasteiger partial charge on any atom is 0.410 e. The maximum atomic E-state index is 12.1. The van der Waals surface area contributed by atoms with E-state index >= 15 is 0 Å². The lowest BCUT2D eigenvalue weighted by Crippen LogP contribution is -2.51. The summed E-state index contributed by atoms with van der Waals surface area (Å²) in [5.74, 6) is 2.03. The molecule has 0 spiro atoms. The van der Waals surface area contributed by atoms with Crippen LogP contribution in [0.2, 0.25) is 0 Å². The van der Waals surface area contributed by atoms with Crippen molar-refractivity contribution in [3.63, 3.8) is 0 Å². The SMILES string of the molecule is CC1CCN(c2nccnc2C2CN(C(=O)OC(C)(C)C)C2)CC1. The predicted molar refractivity (Wildman–Crippen MR) is 93.2 cm³/mol. The molecule has 1 aromatic rings. The highest BCUT2D eigenvalue weighted by Crippen LogP contribution is 2.33. The summed E-state index contributed by atoms with van der Waals surface area (Å²) < 4.78 is 5.42. The van der Waals surface area contributed by atoms with Gasteiger partial charge in [-0.05, 0) is 39.5 Å². The molecule has 2 fully saturated rings. The van der Waals surface area contributed by atoms with Crippen LogP contribution in [0.15, 0.2) is 12.4 Å². The summed E-state index contributed by atoms with van der Waals surface area (Å²) in [5.41, 5.74) is 0.566. The summed E-state index contributed by atoms with van der Waals surface area (Å²) >= 11 is 0. The van der Waals surface area contributed by atoms with E-state index in [0.717, 1.165) is 30.5 Å². The quantitative estimate of drug-likeness (QED) is 0.833. The summed E-state index contributed by atoms with van der Waals surface area (Å²) in [6.45, 7) is 11.4. The second-order valence-corrected chi connectivity index (χ2v) is 8.02. The molecule has 0 aromatic carbocycles. The molecular weight excluding hydrogens is 304 g/mol. The Morgan fingerprint density at radius 1 is 1.17 bits per heavy atom. The zero-order chi connectivity index (χ0) is 17.3. The number of anilines is 1. The smallest absolute Gasteiger partial charge is 0.410 e. The van der Waals surface area contributed by atoms with Crippen LogP contribution in [-0.2, 0) is 4.74 Å². The van der Waals surface area contributed by atoms with Crippen molar-refractivity contribution < 1.29 is 9.53 Å². The van der Waals surface area contributed by atoms with Crippen LogP contribution in [0.25, 0.3) is 0 Å². The Bertz CT molecular complexity index is 585. The number of amides is 1. The second-order valence-electron chi connectivity index (χ2n) is 8.02. The first-order valence-electron chi connectivity index (χ1n) is 8.87. The minimum atomic E-state index is -0.454. The van der Waals surface area contributed by atoms with Crippen molar-refractivity contribution in [2.45, 2.75) is 52.1 Å². The van der Waals surface area contributed by atoms with E-state index in [1.807, 2.05) is 20.8 Å². The Balaban J connectivity index is 1.64. The molecule has 1 amide bonds. The summed E-state index contributed by atoms with van der Waals surface area (Å²) in [6, 6.07) is 0. The Morgan fingerprint density at radius 3 is 2.42 bits per heavy atom. The molecule has 0 aliphatic carbocycles. The number of carbonyl (C=O) groups is 1. The first-order valence-corrected chi connectivity index (χ1v) is 8.87. The van der Waals surface area contributed by atoms with Crippen LogP contribution < -0.4 is 4.90 Å². The van der Waals surface area contributed by atoms with Crippen LogP contribution in [0.4, 0.5) is 10.6 Å². The number of ether oxygens (including phenoxy) is 1. The minimum Gasteiger partial charge on any atom is -0.444 e. The molecular formula is C18H28N4O2. The van der Waals surface area contributed by atoms with Gasteiger partial charge in [-0.3, -0.25) is 4.98 Å². The van der Waals surface area contributed by atoms with Crippen LogP contribution in [0.1, 0.15) is 52.1 Å². The fourth-order valence-electron chi connectivity index (χ4n) is 3.22. The normalized spacial score (nSPS) is 20.0. The molecule has 6 heteroatoms. The van der Waals surface area contributed by atoms with E-state index < -0.39 is 5.60 Å². The third-order valence-electron chi connectivity index (χ3n) is 4.71. The van der Waals surface area contributed by atoms with Crippen molar-refractivity contribution in [2.75, 3.05) is 31.1 Å². The number of piperidine rings is 1. The molecule has 2 aliphatic heterocycles. The Labute approximate surface area is 144 Å². The highest BCUT2D eigenvalue weighted by molar-refractivity contribution is 5.69. The van der Waals surface area contributed by atoms with Crippen LogP contribution in [0.3, 0.4) is 0 Å². The van der Waals surface area contributed by atoms with Crippen molar-refractivity contribution in [1.29, 1.82) is 0 Å². The van der Waals surface area contributed by atoms with E-state index in [1.54, 1.807) is 17.3 Å². The average Bonchev–Trinajstić information content (AvgIpc) is 2.45. The first-order chi connectivity index (χ1) is 11.3. The zero-order valence-corrected chi connectivity index (χ0v) is 15.2. The van der Waals surface area contributed by atoms with Gasteiger partial charge in [-0.15, -0.1) is 0 Å². The topological polar surface area (TPSA) is 58.6 Å². The molecule has 6 nitrogen and oxygen atoms in total. The molecule has 132 valence electrons. The molecule has 0 bridgehead atoms. The first kappa shape index (κ1) is 17.0. The van der Waals surface area contributed by atoms with Crippen molar-refractivity contribution in [2.24, 2.45) is 5.92 Å². The molecule has 0 saturated carbocycles. The van der Waals surface area contributed by atoms with E-state index in [1.165, 1.54) is 12.8 Å². The van der Waals surface area contributed by atoms with Gasteiger partial charge in [-0.25, -0.2) is 9.78 Å². The lowest BCUT2D eigenvalue weighted by molar-refractivity contribution is 0.00787. The number of rotatable bonds is 2. The number of hydrogen-bond donors (Lipinski definition) is 0. The van der Waals surface area contributed by atoms with E-state index in [4.69, 9.17) is 4.74 Å². The second kappa shape index (κ2) is 6.57. The van der Waals surface area contributed by atoms with Crippen LogP contribution >= 0.6 is 0 Å². The van der Waals surface area contributed by atoms with E-state index in [0.29, 0.717) is 13.1 Å². The number of hydrogen-bond acceptors (Lipinski definition) is 5. The van der Waals surface area contributed by atoms with Crippen LogP contribution in [0.5, 0.6) is 0 Å². The fourth-order valence-corrected chi connectivity index (χ4v) is 3.22. The van der Waals surface area contributed by atoms with Crippen molar-refractivity contribution in [3.8, 4) is 0 Å². The molecule has 0 unspecified atom stereocenters. The summed E-state index contributed by atoms with van der Waals surface area (Å²) in [5, 5.41) is 0. The van der Waals surface area contributed by atoms with Crippen molar-refractivity contribution in [1.82, 2.24) is 14.9 Å². The largest absolute Gasteiger partial charge is 0.444 e. The molecule has 3 heterocycles. The van der Waals surface area contributed by atoms with Crippen molar-refractivity contribution in [3.05, 3.63) is 18.1 Å². The van der Waals surface area contributed by atoms with Gasteiger partial charge in [0.1, 0.15) is 5.60 Å². The van der Waals surface area contributed by atoms with Gasteiger partial charge in [-0.1, -0.05) is 6.92 Å². The standard InChI is InChI=1S/C18H28N4O2/c1-13-5-9-21(10-6-13)16-15(19-7-8-20-16)14-11-22(12-14)17(23)24-18(2,3)4/h7-8,13-14H,5-6,9-12H2,1-4H3. The summed E-state index contributed by atoms with van der Waals surface area (Å²) in [4.78, 5) is 25.4. The van der Waals surface area contributed by atoms with Crippen LogP contribution in [0, 0.1) is 5.92 Å². The van der Waals surface area contributed by atoms with E-state index in [-0.39, 0.29) is 12.0 Å². The molecule has 0 N–H and O–H groups in total. The Kier molecular flexibility index (Phi) is 4.65.